The van der Waals surface area contributed by atoms with Crippen LogP contribution in [0.3, 0.4) is 0 Å². The van der Waals surface area contributed by atoms with Crippen molar-refractivity contribution in [1.82, 2.24) is 10.2 Å². The fraction of sp³-hybridized carbons (Fsp3) is 1.00. The van der Waals surface area contributed by atoms with E-state index < -0.39 is 0 Å². The van der Waals surface area contributed by atoms with Gasteiger partial charge in [0, 0.05) is 12.6 Å². The van der Waals surface area contributed by atoms with Crippen LogP contribution in [0, 0.1) is 0 Å². The molecular formula is C14H32N2. The van der Waals surface area contributed by atoms with Crippen molar-refractivity contribution < 1.29 is 0 Å². The van der Waals surface area contributed by atoms with Crippen LogP contribution in [0.15, 0.2) is 0 Å². The smallest absolute Gasteiger partial charge is 0.0194 e. The summed E-state index contributed by atoms with van der Waals surface area (Å²) < 4.78 is 0. The molecular weight excluding hydrogens is 196 g/mol. The van der Waals surface area contributed by atoms with Crippen molar-refractivity contribution in [2.24, 2.45) is 0 Å². The standard InChI is InChI=1S/C14H32N2/c1-5-7-8-9-10-11-14(13-16(3)4)15-12-6-2/h14-15H,5-13H2,1-4H3. The molecule has 1 atom stereocenters. The number of unbranched alkanes of at least 4 members (excludes halogenated alkanes) is 4. The quantitative estimate of drug-likeness (QED) is 0.546. The van der Waals surface area contributed by atoms with Crippen molar-refractivity contribution in [1.29, 1.82) is 0 Å². The van der Waals surface area contributed by atoms with Crippen molar-refractivity contribution in [3.63, 3.8) is 0 Å². The SMILES string of the molecule is CCCCCCCC(CN(C)C)NCCC. The molecule has 2 heteroatoms. The van der Waals surface area contributed by atoms with Crippen LogP contribution in [-0.2, 0) is 0 Å². The van der Waals surface area contributed by atoms with Crippen LogP contribution in [0.4, 0.5) is 0 Å². The van der Waals surface area contributed by atoms with Crippen LogP contribution in [0.2, 0.25) is 0 Å². The number of hydrogen-bond donors (Lipinski definition) is 1. The molecule has 0 radical (unpaired) electrons. The summed E-state index contributed by atoms with van der Waals surface area (Å²) in [6.45, 7) is 6.85. The summed E-state index contributed by atoms with van der Waals surface area (Å²) in [5.74, 6) is 0. The normalized spacial score (nSPS) is 13.3. The Morgan fingerprint density at radius 2 is 1.62 bits per heavy atom. The third-order valence-electron chi connectivity index (χ3n) is 2.92. The minimum atomic E-state index is 0.691. The molecule has 0 saturated carbocycles. The van der Waals surface area contributed by atoms with Gasteiger partial charge in [0.25, 0.3) is 0 Å². The Labute approximate surface area is 103 Å². The monoisotopic (exact) mass is 228 g/mol. The van der Waals surface area contributed by atoms with E-state index in [9.17, 15) is 0 Å². The maximum atomic E-state index is 3.65. The lowest BCUT2D eigenvalue weighted by Gasteiger charge is -2.22. The predicted molar refractivity (Wildman–Crippen MR) is 74.0 cm³/mol. The number of nitrogens with zero attached hydrogens (tertiary/aromatic N) is 1. The first kappa shape index (κ1) is 15.9. The zero-order valence-electron chi connectivity index (χ0n) is 11.9. The molecule has 0 aromatic heterocycles. The molecule has 2 nitrogen and oxygen atoms in total. The largest absolute Gasteiger partial charge is 0.313 e. The van der Waals surface area contributed by atoms with Gasteiger partial charge in [-0.3, -0.25) is 0 Å². The van der Waals surface area contributed by atoms with Crippen LogP contribution in [0.5, 0.6) is 0 Å². The molecule has 0 fully saturated rings. The molecule has 0 bridgehead atoms. The topological polar surface area (TPSA) is 15.3 Å². The van der Waals surface area contributed by atoms with E-state index in [0.29, 0.717) is 6.04 Å². The van der Waals surface area contributed by atoms with Gasteiger partial charge in [-0.1, -0.05) is 46.0 Å². The Hall–Kier alpha value is -0.0800. The molecule has 0 spiro atoms. The average molecular weight is 228 g/mol. The Morgan fingerprint density at radius 1 is 0.938 bits per heavy atom. The minimum Gasteiger partial charge on any atom is -0.313 e. The van der Waals surface area contributed by atoms with Gasteiger partial charge in [0.15, 0.2) is 0 Å². The maximum Gasteiger partial charge on any atom is 0.0194 e. The van der Waals surface area contributed by atoms with Crippen LogP contribution in [0.25, 0.3) is 0 Å². The van der Waals surface area contributed by atoms with Gasteiger partial charge in [0.2, 0.25) is 0 Å². The molecule has 0 aromatic rings. The first-order valence-electron chi connectivity index (χ1n) is 7.08. The Balaban J connectivity index is 3.56. The third-order valence-corrected chi connectivity index (χ3v) is 2.92. The molecule has 0 aliphatic carbocycles. The Morgan fingerprint density at radius 3 is 2.19 bits per heavy atom. The second kappa shape index (κ2) is 11.4. The highest BCUT2D eigenvalue weighted by Gasteiger charge is 2.07. The number of hydrogen-bond acceptors (Lipinski definition) is 2. The second-order valence-corrected chi connectivity index (χ2v) is 5.12. The van der Waals surface area contributed by atoms with Crippen molar-refractivity contribution >= 4 is 0 Å². The highest BCUT2D eigenvalue weighted by atomic mass is 15.1. The number of rotatable bonds is 11. The fourth-order valence-electron chi connectivity index (χ4n) is 2.04. The molecule has 0 amide bonds. The summed E-state index contributed by atoms with van der Waals surface area (Å²) in [5, 5.41) is 3.65. The van der Waals surface area contributed by atoms with Gasteiger partial charge in [-0.2, -0.15) is 0 Å². The molecule has 1 N–H and O–H groups in total. The first-order valence-corrected chi connectivity index (χ1v) is 7.08. The van der Waals surface area contributed by atoms with E-state index in [1.54, 1.807) is 0 Å². The Kier molecular flexibility index (Phi) is 11.3. The average Bonchev–Trinajstić information content (AvgIpc) is 2.24. The van der Waals surface area contributed by atoms with Crippen LogP contribution >= 0.6 is 0 Å². The molecule has 0 rings (SSSR count). The van der Waals surface area contributed by atoms with Gasteiger partial charge >= 0.3 is 0 Å². The van der Waals surface area contributed by atoms with E-state index in [1.165, 1.54) is 51.5 Å². The number of likely N-dealkylation sites (N-methyl/N-ethyl adjacent to an activating group) is 1. The molecule has 98 valence electrons. The highest BCUT2D eigenvalue weighted by molar-refractivity contribution is 4.69. The summed E-state index contributed by atoms with van der Waals surface area (Å²) in [4.78, 5) is 2.29. The summed E-state index contributed by atoms with van der Waals surface area (Å²) in [7, 11) is 4.33. The van der Waals surface area contributed by atoms with Gasteiger partial charge in [-0.25, -0.2) is 0 Å². The van der Waals surface area contributed by atoms with Gasteiger partial charge < -0.3 is 10.2 Å². The molecule has 0 aliphatic rings. The summed E-state index contributed by atoms with van der Waals surface area (Å²) in [6.07, 6.45) is 9.53. The highest BCUT2D eigenvalue weighted by Crippen LogP contribution is 2.07. The van der Waals surface area contributed by atoms with Gasteiger partial charge in [-0.15, -0.1) is 0 Å². The lowest BCUT2D eigenvalue weighted by Crippen LogP contribution is -2.38. The van der Waals surface area contributed by atoms with Crippen molar-refractivity contribution in [2.45, 2.75) is 64.8 Å². The van der Waals surface area contributed by atoms with Crippen molar-refractivity contribution in [2.75, 3.05) is 27.2 Å². The van der Waals surface area contributed by atoms with Crippen LogP contribution in [-0.4, -0.2) is 38.1 Å². The predicted octanol–water partition coefficient (Wildman–Crippen LogP) is 3.28. The Bertz CT molecular complexity index is 135. The van der Waals surface area contributed by atoms with E-state index in [2.05, 4.69) is 38.2 Å². The summed E-state index contributed by atoms with van der Waals surface area (Å²) >= 11 is 0. The zero-order chi connectivity index (χ0) is 12.2. The molecule has 1 unspecified atom stereocenters. The molecule has 0 saturated heterocycles. The van der Waals surface area contributed by atoms with E-state index in [1.807, 2.05) is 0 Å². The molecule has 16 heavy (non-hydrogen) atoms. The lowest BCUT2D eigenvalue weighted by molar-refractivity contribution is 0.320. The van der Waals surface area contributed by atoms with Gasteiger partial charge in [-0.05, 0) is 33.5 Å². The zero-order valence-corrected chi connectivity index (χ0v) is 11.9. The van der Waals surface area contributed by atoms with Crippen molar-refractivity contribution in [3.8, 4) is 0 Å². The van der Waals surface area contributed by atoms with Crippen LogP contribution < -0.4 is 5.32 Å². The summed E-state index contributed by atoms with van der Waals surface area (Å²) in [6, 6.07) is 0.691. The minimum absolute atomic E-state index is 0.691. The fourth-order valence-corrected chi connectivity index (χ4v) is 2.04. The van der Waals surface area contributed by atoms with Crippen molar-refractivity contribution in [3.05, 3.63) is 0 Å². The van der Waals surface area contributed by atoms with E-state index in [0.717, 1.165) is 6.54 Å². The maximum absolute atomic E-state index is 3.65. The lowest BCUT2D eigenvalue weighted by atomic mass is 10.1. The van der Waals surface area contributed by atoms with Gasteiger partial charge in [0.1, 0.15) is 0 Å². The second-order valence-electron chi connectivity index (χ2n) is 5.12. The molecule has 0 aromatic carbocycles. The van der Waals surface area contributed by atoms with Crippen LogP contribution in [0.1, 0.15) is 58.8 Å². The first-order chi connectivity index (χ1) is 7.70. The molecule has 0 heterocycles. The molecule has 0 aliphatic heterocycles. The van der Waals surface area contributed by atoms with E-state index >= 15 is 0 Å². The number of nitrogens with one attached hydrogen (secondary N) is 1. The van der Waals surface area contributed by atoms with Gasteiger partial charge in [0.05, 0.1) is 0 Å². The van der Waals surface area contributed by atoms with E-state index in [-0.39, 0.29) is 0 Å². The third kappa shape index (κ3) is 10.4. The summed E-state index contributed by atoms with van der Waals surface area (Å²) in [5.41, 5.74) is 0. The van der Waals surface area contributed by atoms with E-state index in [4.69, 9.17) is 0 Å².